The van der Waals surface area contributed by atoms with E-state index in [9.17, 15) is 9.18 Å². The van der Waals surface area contributed by atoms with Gasteiger partial charge in [-0.05, 0) is 42.2 Å². The molecule has 0 radical (unpaired) electrons. The lowest BCUT2D eigenvalue weighted by Gasteiger charge is -2.39. The SMILES string of the molecule is CC1(C)C[C@H]2C[C@](C)(CN2C(=O)CSc2n[nH]c(-c3ccccc3F)n2)C1. The predicted molar refractivity (Wildman–Crippen MR) is 104 cm³/mol. The van der Waals surface area contributed by atoms with Gasteiger partial charge in [0.1, 0.15) is 5.82 Å². The maximum absolute atomic E-state index is 13.9. The molecule has 1 aromatic heterocycles. The number of carbonyl (C=O) groups is 1. The van der Waals surface area contributed by atoms with E-state index in [0.29, 0.717) is 28.3 Å². The lowest BCUT2D eigenvalue weighted by molar-refractivity contribution is -0.129. The summed E-state index contributed by atoms with van der Waals surface area (Å²) < 4.78 is 13.9. The molecule has 2 atom stereocenters. The lowest BCUT2D eigenvalue weighted by atomic mass is 9.65. The molecule has 1 saturated heterocycles. The second-order valence-electron chi connectivity index (χ2n) is 8.97. The number of thioether (sulfide) groups is 1. The minimum absolute atomic E-state index is 0.142. The number of hydrogen-bond acceptors (Lipinski definition) is 4. The van der Waals surface area contributed by atoms with Crippen LogP contribution in [0.2, 0.25) is 0 Å². The molecule has 1 aromatic carbocycles. The van der Waals surface area contributed by atoms with Gasteiger partial charge in [-0.15, -0.1) is 5.10 Å². The van der Waals surface area contributed by atoms with Gasteiger partial charge in [0.15, 0.2) is 5.82 Å². The minimum Gasteiger partial charge on any atom is -0.338 e. The van der Waals surface area contributed by atoms with Crippen molar-refractivity contribution in [1.82, 2.24) is 20.1 Å². The third kappa shape index (κ3) is 3.74. The van der Waals surface area contributed by atoms with Crippen LogP contribution in [0.5, 0.6) is 0 Å². The highest BCUT2D eigenvalue weighted by Crippen LogP contribution is 2.52. The van der Waals surface area contributed by atoms with E-state index in [1.54, 1.807) is 18.2 Å². The molecule has 144 valence electrons. The van der Waals surface area contributed by atoms with E-state index >= 15 is 0 Å². The van der Waals surface area contributed by atoms with E-state index in [0.717, 1.165) is 19.4 Å². The van der Waals surface area contributed by atoms with Crippen molar-refractivity contribution in [3.63, 3.8) is 0 Å². The quantitative estimate of drug-likeness (QED) is 0.800. The van der Waals surface area contributed by atoms with Gasteiger partial charge in [0.25, 0.3) is 0 Å². The van der Waals surface area contributed by atoms with Gasteiger partial charge in [0.05, 0.1) is 11.3 Å². The molecule has 1 N–H and O–H groups in total. The Kier molecular flexibility index (Phi) is 4.53. The number of amides is 1. The number of carbonyl (C=O) groups excluding carboxylic acids is 1. The molecule has 2 aliphatic rings. The summed E-state index contributed by atoms with van der Waals surface area (Å²) in [7, 11) is 0. The molecule has 0 spiro atoms. The number of rotatable bonds is 4. The van der Waals surface area contributed by atoms with Gasteiger partial charge in [-0.2, -0.15) is 0 Å². The number of aromatic nitrogens is 3. The van der Waals surface area contributed by atoms with E-state index < -0.39 is 0 Å². The van der Waals surface area contributed by atoms with Gasteiger partial charge in [0, 0.05) is 12.6 Å². The van der Waals surface area contributed by atoms with Crippen LogP contribution >= 0.6 is 11.8 Å². The Balaban J connectivity index is 1.40. The van der Waals surface area contributed by atoms with Crippen LogP contribution < -0.4 is 0 Å². The second-order valence-corrected chi connectivity index (χ2v) is 9.91. The van der Waals surface area contributed by atoms with Crippen molar-refractivity contribution in [2.24, 2.45) is 10.8 Å². The number of fused-ring (bicyclic) bond motifs is 2. The predicted octanol–water partition coefficient (Wildman–Crippen LogP) is 4.13. The normalized spacial score (nSPS) is 26.4. The van der Waals surface area contributed by atoms with Crippen LogP contribution in [0.3, 0.4) is 0 Å². The second kappa shape index (κ2) is 6.62. The number of benzene rings is 1. The van der Waals surface area contributed by atoms with Gasteiger partial charge in [-0.1, -0.05) is 44.7 Å². The summed E-state index contributed by atoms with van der Waals surface area (Å²) in [5.41, 5.74) is 0.903. The maximum Gasteiger partial charge on any atom is 0.233 e. The van der Waals surface area contributed by atoms with E-state index in [2.05, 4.69) is 40.9 Å². The summed E-state index contributed by atoms with van der Waals surface area (Å²) in [5.74, 6) is 0.487. The first kappa shape index (κ1) is 18.5. The Morgan fingerprint density at radius 1 is 1.33 bits per heavy atom. The first-order chi connectivity index (χ1) is 12.7. The van der Waals surface area contributed by atoms with E-state index in [1.165, 1.54) is 24.2 Å². The maximum atomic E-state index is 13.9. The number of halogens is 1. The highest BCUT2D eigenvalue weighted by Gasteiger charge is 2.50. The molecule has 2 aromatic rings. The van der Waals surface area contributed by atoms with Crippen LogP contribution in [-0.4, -0.2) is 44.3 Å². The summed E-state index contributed by atoms with van der Waals surface area (Å²) in [5, 5.41) is 7.36. The van der Waals surface area contributed by atoms with Crippen LogP contribution in [0.1, 0.15) is 40.0 Å². The van der Waals surface area contributed by atoms with E-state index in [1.807, 2.05) is 0 Å². The topological polar surface area (TPSA) is 61.9 Å². The van der Waals surface area contributed by atoms with Crippen molar-refractivity contribution >= 4 is 17.7 Å². The number of aromatic amines is 1. The molecule has 1 saturated carbocycles. The number of nitrogens with zero attached hydrogens (tertiary/aromatic N) is 3. The average Bonchev–Trinajstić information content (AvgIpc) is 3.14. The molecule has 0 unspecified atom stereocenters. The fourth-order valence-corrected chi connectivity index (χ4v) is 5.73. The van der Waals surface area contributed by atoms with Crippen LogP contribution in [0.25, 0.3) is 11.4 Å². The average molecular weight is 389 g/mol. The van der Waals surface area contributed by atoms with Crippen LogP contribution in [-0.2, 0) is 4.79 Å². The molecule has 2 fully saturated rings. The Hall–Kier alpha value is -1.89. The standard InChI is InChI=1S/C20H25FN4OS/c1-19(2)8-13-9-20(3,11-19)12-25(13)16(26)10-27-18-22-17(23-24-18)14-6-4-5-7-15(14)21/h4-7,13H,8-12H2,1-3H3,(H,22,23,24)/t13-,20-/m0/s1. The Bertz CT molecular complexity index is 867. The largest absolute Gasteiger partial charge is 0.338 e. The molecule has 7 heteroatoms. The van der Waals surface area contributed by atoms with Crippen molar-refractivity contribution in [2.75, 3.05) is 12.3 Å². The van der Waals surface area contributed by atoms with Gasteiger partial charge in [-0.3, -0.25) is 9.89 Å². The van der Waals surface area contributed by atoms with Crippen LogP contribution in [0.4, 0.5) is 4.39 Å². The van der Waals surface area contributed by atoms with Crippen molar-refractivity contribution in [3.05, 3.63) is 30.1 Å². The zero-order chi connectivity index (χ0) is 19.2. The number of nitrogens with one attached hydrogen (secondary N) is 1. The van der Waals surface area contributed by atoms with Gasteiger partial charge >= 0.3 is 0 Å². The summed E-state index contributed by atoms with van der Waals surface area (Å²) in [4.78, 5) is 19.2. The molecule has 1 amide bonds. The lowest BCUT2D eigenvalue weighted by Crippen LogP contribution is -2.38. The van der Waals surface area contributed by atoms with Crippen molar-refractivity contribution in [2.45, 2.75) is 51.2 Å². The highest BCUT2D eigenvalue weighted by atomic mass is 32.2. The van der Waals surface area contributed by atoms with Crippen molar-refractivity contribution in [3.8, 4) is 11.4 Å². The van der Waals surface area contributed by atoms with Gasteiger partial charge < -0.3 is 4.90 Å². The Morgan fingerprint density at radius 3 is 2.89 bits per heavy atom. The molecule has 2 heterocycles. The molecule has 27 heavy (non-hydrogen) atoms. The monoisotopic (exact) mass is 388 g/mol. The third-order valence-electron chi connectivity index (χ3n) is 5.65. The molecule has 2 bridgehead atoms. The molecule has 4 rings (SSSR count). The summed E-state index contributed by atoms with van der Waals surface area (Å²) in [6, 6.07) is 6.78. The molecule has 1 aliphatic carbocycles. The summed E-state index contributed by atoms with van der Waals surface area (Å²) in [6.07, 6.45) is 3.34. The zero-order valence-electron chi connectivity index (χ0n) is 16.0. The van der Waals surface area contributed by atoms with Gasteiger partial charge in [0.2, 0.25) is 11.1 Å². The number of hydrogen-bond donors (Lipinski definition) is 1. The van der Waals surface area contributed by atoms with Crippen LogP contribution in [0.15, 0.2) is 29.4 Å². The molecule has 5 nitrogen and oxygen atoms in total. The molecular weight excluding hydrogens is 363 g/mol. The number of likely N-dealkylation sites (tertiary alicyclic amines) is 1. The van der Waals surface area contributed by atoms with E-state index in [4.69, 9.17) is 0 Å². The fraction of sp³-hybridized carbons (Fsp3) is 0.550. The Labute approximate surface area is 163 Å². The zero-order valence-corrected chi connectivity index (χ0v) is 16.8. The molecule has 1 aliphatic heterocycles. The smallest absolute Gasteiger partial charge is 0.233 e. The minimum atomic E-state index is -0.346. The van der Waals surface area contributed by atoms with Gasteiger partial charge in [-0.25, -0.2) is 9.37 Å². The summed E-state index contributed by atoms with van der Waals surface area (Å²) in [6.45, 7) is 7.75. The summed E-state index contributed by atoms with van der Waals surface area (Å²) >= 11 is 1.30. The molecular formula is C20H25FN4OS. The number of H-pyrrole nitrogens is 1. The fourth-order valence-electron chi connectivity index (χ4n) is 5.05. The third-order valence-corrected chi connectivity index (χ3v) is 6.49. The van der Waals surface area contributed by atoms with Crippen molar-refractivity contribution in [1.29, 1.82) is 0 Å². The van der Waals surface area contributed by atoms with Crippen LogP contribution in [0, 0.1) is 16.6 Å². The van der Waals surface area contributed by atoms with E-state index in [-0.39, 0.29) is 22.6 Å². The Morgan fingerprint density at radius 2 is 2.11 bits per heavy atom. The first-order valence-electron chi connectivity index (χ1n) is 9.34. The highest BCUT2D eigenvalue weighted by molar-refractivity contribution is 7.99. The first-order valence-corrected chi connectivity index (χ1v) is 10.3. The van der Waals surface area contributed by atoms with Crippen molar-refractivity contribution < 1.29 is 9.18 Å².